The SMILES string of the molecule is CN=C(NCCCCCC(=O)N1CCN(C(=O)CC(C)C)CC1)NCc1cccc(C)c1.I. The minimum Gasteiger partial charge on any atom is -0.356 e. The van der Waals surface area contributed by atoms with Gasteiger partial charge in [-0.1, -0.05) is 50.1 Å². The predicted octanol–water partition coefficient (Wildman–Crippen LogP) is 3.56. The van der Waals surface area contributed by atoms with Crippen LogP contribution in [0.15, 0.2) is 29.3 Å². The minimum absolute atomic E-state index is 0. The number of hydrogen-bond donors (Lipinski definition) is 2. The van der Waals surface area contributed by atoms with Crippen molar-refractivity contribution in [2.75, 3.05) is 39.8 Å². The summed E-state index contributed by atoms with van der Waals surface area (Å²) in [5.41, 5.74) is 2.49. The first-order valence-corrected chi connectivity index (χ1v) is 11.9. The van der Waals surface area contributed by atoms with Gasteiger partial charge in [0.1, 0.15) is 0 Å². The zero-order valence-corrected chi connectivity index (χ0v) is 23.1. The van der Waals surface area contributed by atoms with Crippen molar-refractivity contribution in [1.82, 2.24) is 20.4 Å². The summed E-state index contributed by atoms with van der Waals surface area (Å²) in [5.74, 6) is 1.60. The molecule has 1 aromatic rings. The molecule has 0 bridgehead atoms. The summed E-state index contributed by atoms with van der Waals surface area (Å²) in [5, 5.41) is 6.68. The first-order chi connectivity index (χ1) is 15.4. The molecule has 1 aromatic carbocycles. The number of halogens is 1. The molecule has 2 rings (SSSR count). The van der Waals surface area contributed by atoms with E-state index in [1.165, 1.54) is 11.1 Å². The predicted molar refractivity (Wildman–Crippen MR) is 146 cm³/mol. The Morgan fingerprint density at radius 2 is 1.67 bits per heavy atom. The number of hydrogen-bond acceptors (Lipinski definition) is 3. The summed E-state index contributed by atoms with van der Waals surface area (Å²) in [6, 6.07) is 8.43. The number of carbonyl (C=O) groups excluding carboxylic acids is 2. The van der Waals surface area contributed by atoms with Gasteiger partial charge < -0.3 is 20.4 Å². The molecule has 186 valence electrons. The molecule has 33 heavy (non-hydrogen) atoms. The molecular formula is C25H42IN5O2. The quantitative estimate of drug-likeness (QED) is 0.195. The van der Waals surface area contributed by atoms with Crippen molar-refractivity contribution in [2.45, 2.75) is 59.4 Å². The molecule has 0 unspecified atom stereocenters. The molecule has 2 N–H and O–H groups in total. The van der Waals surface area contributed by atoms with E-state index < -0.39 is 0 Å². The second-order valence-electron chi connectivity index (χ2n) is 9.01. The first-order valence-electron chi connectivity index (χ1n) is 11.9. The number of nitrogens with one attached hydrogen (secondary N) is 2. The molecule has 7 nitrogen and oxygen atoms in total. The van der Waals surface area contributed by atoms with Crippen molar-refractivity contribution in [3.05, 3.63) is 35.4 Å². The van der Waals surface area contributed by atoms with Crippen LogP contribution in [0.3, 0.4) is 0 Å². The summed E-state index contributed by atoms with van der Waals surface area (Å²) in [7, 11) is 1.78. The monoisotopic (exact) mass is 571 g/mol. The van der Waals surface area contributed by atoms with Crippen molar-refractivity contribution in [3.8, 4) is 0 Å². The molecule has 0 radical (unpaired) electrons. The zero-order valence-electron chi connectivity index (χ0n) is 20.7. The Labute approximate surface area is 216 Å². The number of unbranched alkanes of at least 4 members (excludes halogenated alkanes) is 2. The highest BCUT2D eigenvalue weighted by Crippen LogP contribution is 2.10. The van der Waals surface area contributed by atoms with Crippen molar-refractivity contribution < 1.29 is 9.59 Å². The van der Waals surface area contributed by atoms with Crippen LogP contribution in [0.2, 0.25) is 0 Å². The third-order valence-corrected chi connectivity index (χ3v) is 5.69. The number of aryl methyl sites for hydroxylation is 1. The topological polar surface area (TPSA) is 77.0 Å². The fraction of sp³-hybridized carbons (Fsp3) is 0.640. The van der Waals surface area contributed by atoms with Crippen molar-refractivity contribution in [1.29, 1.82) is 0 Å². The zero-order chi connectivity index (χ0) is 23.3. The summed E-state index contributed by atoms with van der Waals surface area (Å²) < 4.78 is 0. The number of amides is 2. The normalized spacial score (nSPS) is 14.2. The van der Waals surface area contributed by atoms with Crippen LogP contribution in [0, 0.1) is 12.8 Å². The summed E-state index contributed by atoms with van der Waals surface area (Å²) >= 11 is 0. The molecule has 8 heteroatoms. The van der Waals surface area contributed by atoms with Gasteiger partial charge in [-0.05, 0) is 31.2 Å². The largest absolute Gasteiger partial charge is 0.356 e. The molecule has 0 aromatic heterocycles. The first kappa shape index (κ1) is 29.2. The van der Waals surface area contributed by atoms with E-state index >= 15 is 0 Å². The fourth-order valence-corrected chi connectivity index (χ4v) is 3.86. The maximum atomic E-state index is 12.5. The minimum atomic E-state index is 0. The van der Waals surface area contributed by atoms with Gasteiger partial charge in [-0.2, -0.15) is 0 Å². The van der Waals surface area contributed by atoms with E-state index in [1.54, 1.807) is 7.05 Å². The van der Waals surface area contributed by atoms with E-state index in [2.05, 4.69) is 60.7 Å². The lowest BCUT2D eigenvalue weighted by atomic mass is 10.1. The number of guanidine groups is 1. The van der Waals surface area contributed by atoms with Gasteiger partial charge in [0.15, 0.2) is 5.96 Å². The average molecular weight is 572 g/mol. The maximum absolute atomic E-state index is 12.5. The lowest BCUT2D eigenvalue weighted by Crippen LogP contribution is -2.50. The lowest BCUT2D eigenvalue weighted by molar-refractivity contribution is -0.140. The number of benzene rings is 1. The average Bonchev–Trinajstić information content (AvgIpc) is 2.77. The van der Waals surface area contributed by atoms with Gasteiger partial charge in [0.2, 0.25) is 11.8 Å². The molecule has 1 heterocycles. The Bertz CT molecular complexity index is 761. The molecule has 1 saturated heterocycles. The third kappa shape index (κ3) is 11.2. The smallest absolute Gasteiger partial charge is 0.222 e. The Morgan fingerprint density at radius 1 is 1.00 bits per heavy atom. The van der Waals surface area contributed by atoms with Gasteiger partial charge in [0.25, 0.3) is 0 Å². The van der Waals surface area contributed by atoms with Gasteiger partial charge in [-0.25, -0.2) is 0 Å². The highest BCUT2D eigenvalue weighted by atomic mass is 127. The van der Waals surface area contributed by atoms with Crippen LogP contribution in [0.1, 0.15) is 57.1 Å². The fourth-order valence-electron chi connectivity index (χ4n) is 3.86. The van der Waals surface area contributed by atoms with E-state index in [-0.39, 0.29) is 35.8 Å². The number of aliphatic imine (C=N–C) groups is 1. The highest BCUT2D eigenvalue weighted by molar-refractivity contribution is 14.0. The van der Waals surface area contributed by atoms with Gasteiger partial charge in [-0.3, -0.25) is 14.6 Å². The van der Waals surface area contributed by atoms with Gasteiger partial charge in [0, 0.05) is 59.2 Å². The maximum Gasteiger partial charge on any atom is 0.222 e. The molecule has 0 aliphatic carbocycles. The summed E-state index contributed by atoms with van der Waals surface area (Å²) in [6.07, 6.45) is 4.06. The van der Waals surface area contributed by atoms with Crippen molar-refractivity contribution in [2.24, 2.45) is 10.9 Å². The van der Waals surface area contributed by atoms with Crippen molar-refractivity contribution >= 4 is 41.8 Å². The van der Waals surface area contributed by atoms with Gasteiger partial charge in [-0.15, -0.1) is 24.0 Å². The van der Waals surface area contributed by atoms with Crippen LogP contribution < -0.4 is 10.6 Å². The second kappa shape index (κ2) is 15.9. The molecule has 1 fully saturated rings. The highest BCUT2D eigenvalue weighted by Gasteiger charge is 2.23. The molecule has 0 atom stereocenters. The van der Waals surface area contributed by atoms with Gasteiger partial charge >= 0.3 is 0 Å². The van der Waals surface area contributed by atoms with Crippen LogP contribution in [0.25, 0.3) is 0 Å². The van der Waals surface area contributed by atoms with E-state index in [4.69, 9.17) is 0 Å². The molecular weight excluding hydrogens is 529 g/mol. The summed E-state index contributed by atoms with van der Waals surface area (Å²) in [4.78, 5) is 32.7. The van der Waals surface area contributed by atoms with Crippen LogP contribution in [0.4, 0.5) is 0 Å². The Balaban J connectivity index is 0.00000544. The standard InChI is InChI=1S/C25H41N5O2.HI/c1-20(2)17-24(32)30-15-13-29(14-16-30)23(31)11-6-5-7-12-27-25(26-4)28-19-22-10-8-9-21(3)18-22;/h8-10,18,20H,5-7,11-17,19H2,1-4H3,(H2,26,27,28);1H. The Morgan fingerprint density at radius 3 is 2.27 bits per heavy atom. The van der Waals surface area contributed by atoms with Crippen LogP contribution >= 0.6 is 24.0 Å². The van der Waals surface area contributed by atoms with Crippen molar-refractivity contribution in [3.63, 3.8) is 0 Å². The number of nitrogens with zero attached hydrogens (tertiary/aromatic N) is 3. The summed E-state index contributed by atoms with van der Waals surface area (Å²) in [6.45, 7) is 10.4. The molecule has 0 spiro atoms. The Kier molecular flexibility index (Phi) is 14.1. The third-order valence-electron chi connectivity index (χ3n) is 5.69. The number of carbonyl (C=O) groups is 2. The van der Waals surface area contributed by atoms with Crippen LogP contribution in [-0.4, -0.2) is 67.3 Å². The van der Waals surface area contributed by atoms with Gasteiger partial charge in [0.05, 0.1) is 0 Å². The van der Waals surface area contributed by atoms with E-state index in [0.717, 1.165) is 38.3 Å². The number of piperazine rings is 1. The lowest BCUT2D eigenvalue weighted by Gasteiger charge is -2.35. The molecule has 1 aliphatic heterocycles. The van der Waals surface area contributed by atoms with E-state index in [1.807, 2.05) is 9.80 Å². The molecule has 0 saturated carbocycles. The van der Waals surface area contributed by atoms with Crippen LogP contribution in [0.5, 0.6) is 0 Å². The molecule has 1 aliphatic rings. The van der Waals surface area contributed by atoms with E-state index in [0.29, 0.717) is 44.9 Å². The van der Waals surface area contributed by atoms with E-state index in [9.17, 15) is 9.59 Å². The molecule has 2 amide bonds. The second-order valence-corrected chi connectivity index (χ2v) is 9.01. The number of rotatable bonds is 10. The Hall–Kier alpha value is -1.84. The van der Waals surface area contributed by atoms with Crippen LogP contribution in [-0.2, 0) is 16.1 Å².